The number of rotatable bonds is 8. The van der Waals surface area contributed by atoms with Crippen LogP contribution >= 0.6 is 0 Å². The summed E-state index contributed by atoms with van der Waals surface area (Å²) in [6.07, 6.45) is -7.43. The fraction of sp³-hybridized carbons (Fsp3) is 0.471. The Morgan fingerprint density at radius 3 is 2.45 bits per heavy atom. The normalized spacial score (nSPS) is 15.9. The number of nitrogens with one attached hydrogen (secondary N) is 2. The third-order valence-electron chi connectivity index (χ3n) is 4.26. The second kappa shape index (κ2) is 9.96. The highest BCUT2D eigenvalue weighted by molar-refractivity contribution is 6.00. The summed E-state index contributed by atoms with van der Waals surface area (Å²) in [5, 5.41) is 3.36. The zero-order valence-corrected chi connectivity index (χ0v) is 15.7. The number of alkyl halides is 6. The van der Waals surface area contributed by atoms with Crippen molar-refractivity contribution in [2.45, 2.75) is 24.8 Å². The van der Waals surface area contributed by atoms with Crippen molar-refractivity contribution in [1.82, 2.24) is 5.32 Å². The molecule has 1 heterocycles. The van der Waals surface area contributed by atoms with Crippen LogP contribution in [-0.2, 0) is 19.1 Å². The number of ether oxygens (including phenoxy) is 1. The molecule has 1 aliphatic rings. The number of hydrogen-bond acceptors (Lipinski definition) is 5. The van der Waals surface area contributed by atoms with Crippen LogP contribution in [0, 0.1) is 0 Å². The van der Waals surface area contributed by atoms with Gasteiger partial charge in [0, 0.05) is 30.0 Å². The van der Waals surface area contributed by atoms with Crippen molar-refractivity contribution >= 4 is 29.1 Å². The van der Waals surface area contributed by atoms with Gasteiger partial charge in [-0.1, -0.05) is 0 Å². The van der Waals surface area contributed by atoms with Gasteiger partial charge in [-0.15, -0.1) is 0 Å². The van der Waals surface area contributed by atoms with E-state index in [0.29, 0.717) is 0 Å². The third kappa shape index (κ3) is 5.64. The second-order valence-corrected chi connectivity index (χ2v) is 6.34. The second-order valence-electron chi connectivity index (χ2n) is 6.34. The predicted molar refractivity (Wildman–Crippen MR) is 95.1 cm³/mol. The minimum atomic E-state index is -5.08. The lowest BCUT2D eigenvalue weighted by molar-refractivity contribution is -0.170. The average Bonchev–Trinajstić information content (AvgIpc) is 2.72. The topological polar surface area (TPSA) is 114 Å². The monoisotopic (exact) mass is 456 g/mol. The van der Waals surface area contributed by atoms with Crippen LogP contribution in [0.15, 0.2) is 18.2 Å². The first-order valence-electron chi connectivity index (χ1n) is 8.77. The molecule has 1 atom stereocenters. The lowest BCUT2D eigenvalue weighted by Crippen LogP contribution is -2.55. The minimum absolute atomic E-state index is 0.113. The number of benzene rings is 1. The smallest absolute Gasteiger partial charge is 0.370 e. The molecule has 172 valence electrons. The summed E-state index contributed by atoms with van der Waals surface area (Å²) < 4.78 is 82.6. The average molecular weight is 456 g/mol. The Labute approximate surface area is 171 Å². The van der Waals surface area contributed by atoms with Gasteiger partial charge in [-0.2, -0.15) is 8.78 Å². The maximum absolute atomic E-state index is 13.5. The van der Waals surface area contributed by atoms with Crippen LogP contribution in [0.25, 0.3) is 0 Å². The van der Waals surface area contributed by atoms with Crippen molar-refractivity contribution < 1.29 is 45.5 Å². The van der Waals surface area contributed by atoms with Gasteiger partial charge in [0.2, 0.25) is 5.91 Å². The number of anilines is 2. The molecule has 0 spiro atoms. The van der Waals surface area contributed by atoms with Gasteiger partial charge >= 0.3 is 12.3 Å². The molecular weight excluding hydrogens is 438 g/mol. The van der Waals surface area contributed by atoms with Gasteiger partial charge in [-0.05, 0) is 18.2 Å². The van der Waals surface area contributed by atoms with E-state index in [1.165, 1.54) is 16.3 Å². The predicted octanol–water partition coefficient (Wildman–Crippen LogP) is 1.27. The molecule has 0 aliphatic carbocycles. The summed E-state index contributed by atoms with van der Waals surface area (Å²) in [4.78, 5) is 36.6. The minimum Gasteiger partial charge on any atom is -0.370 e. The Morgan fingerprint density at radius 2 is 1.90 bits per heavy atom. The van der Waals surface area contributed by atoms with Crippen LogP contribution in [0.3, 0.4) is 0 Å². The van der Waals surface area contributed by atoms with Gasteiger partial charge in [-0.3, -0.25) is 14.4 Å². The molecule has 4 N–H and O–H groups in total. The molecule has 1 saturated heterocycles. The Morgan fingerprint density at radius 1 is 1.23 bits per heavy atom. The molecule has 14 heteroatoms. The molecule has 0 bridgehead atoms. The Bertz CT molecular complexity index is 839. The number of amides is 3. The molecule has 0 saturated carbocycles. The highest BCUT2D eigenvalue weighted by atomic mass is 19.3. The Balaban J connectivity index is 2.20. The van der Waals surface area contributed by atoms with E-state index in [4.69, 9.17) is 10.5 Å². The molecule has 1 aromatic rings. The largest absolute Gasteiger partial charge is 0.383 e. The van der Waals surface area contributed by atoms with Crippen LogP contribution in [0.1, 0.15) is 12.0 Å². The molecular formula is C17H18F6N4O4. The van der Waals surface area contributed by atoms with Crippen LogP contribution < -0.4 is 21.3 Å². The van der Waals surface area contributed by atoms with E-state index < -0.39 is 60.3 Å². The van der Waals surface area contributed by atoms with Crippen molar-refractivity contribution in [2.75, 3.05) is 36.5 Å². The lowest BCUT2D eigenvalue weighted by Gasteiger charge is -2.28. The maximum atomic E-state index is 13.5. The fourth-order valence-electron chi connectivity index (χ4n) is 2.61. The van der Waals surface area contributed by atoms with E-state index in [1.54, 1.807) is 0 Å². The highest BCUT2D eigenvalue weighted by Gasteiger charge is 2.49. The summed E-state index contributed by atoms with van der Waals surface area (Å²) in [5.41, 5.74) is 4.18. The molecule has 31 heavy (non-hydrogen) atoms. The van der Waals surface area contributed by atoms with Crippen LogP contribution in [0.4, 0.5) is 37.7 Å². The number of hydrogen-bond donors (Lipinski definition) is 3. The van der Waals surface area contributed by atoms with Gasteiger partial charge in [0.05, 0.1) is 6.61 Å². The molecule has 0 aromatic heterocycles. The van der Waals surface area contributed by atoms with E-state index >= 15 is 0 Å². The molecule has 2 rings (SSSR count). The zero-order chi connectivity index (χ0) is 23.3. The van der Waals surface area contributed by atoms with Gasteiger partial charge in [0.15, 0.2) is 0 Å². The first-order valence-corrected chi connectivity index (χ1v) is 8.77. The molecule has 3 amide bonds. The van der Waals surface area contributed by atoms with Gasteiger partial charge in [0.1, 0.15) is 12.6 Å². The van der Waals surface area contributed by atoms with Gasteiger partial charge in [0.25, 0.3) is 18.2 Å². The quantitative estimate of drug-likeness (QED) is 0.510. The number of morpholine rings is 1. The van der Waals surface area contributed by atoms with Crippen molar-refractivity contribution in [2.24, 2.45) is 5.73 Å². The molecule has 0 unspecified atom stereocenters. The van der Waals surface area contributed by atoms with Crippen LogP contribution in [0.5, 0.6) is 0 Å². The summed E-state index contributed by atoms with van der Waals surface area (Å²) in [6, 6.07) is 1.35. The number of carbonyl (C=O) groups excluding carboxylic acids is 3. The molecule has 8 nitrogen and oxygen atoms in total. The lowest BCUT2D eigenvalue weighted by atomic mass is 10.1. The summed E-state index contributed by atoms with van der Waals surface area (Å²) in [5.74, 6) is -9.26. The summed E-state index contributed by atoms with van der Waals surface area (Å²) in [7, 11) is 0. The molecule has 1 aromatic carbocycles. The number of halogens is 6. The van der Waals surface area contributed by atoms with Crippen molar-refractivity contribution in [3.05, 3.63) is 23.8 Å². The van der Waals surface area contributed by atoms with Crippen LogP contribution in [0.2, 0.25) is 0 Å². The first-order chi connectivity index (χ1) is 14.5. The zero-order valence-electron chi connectivity index (χ0n) is 15.7. The molecule has 1 fully saturated rings. The first kappa shape index (κ1) is 24.4. The van der Waals surface area contributed by atoms with Crippen molar-refractivity contribution in [3.8, 4) is 0 Å². The molecule has 0 radical (unpaired) electrons. The standard InChI is InChI=1S/C17H18F6N4O4/c18-13(19)9-5-8(27-3-4-31-7-12(27)28)1-2-10(9)25-14(29)11(6-24)26-16(30)17(22,23)15(20)21/h1-2,5,11,13,15H,3-4,6-7,24H2,(H,25,29)(H,26,30)/t11-/m1/s1. The van der Waals surface area contributed by atoms with Gasteiger partial charge < -0.3 is 26.0 Å². The van der Waals surface area contributed by atoms with Gasteiger partial charge in [-0.25, -0.2) is 17.6 Å². The Kier molecular flexibility index (Phi) is 7.84. The SMILES string of the molecule is NC[C@@H](NC(=O)C(F)(F)C(F)F)C(=O)Nc1ccc(N2CCOCC2=O)cc1C(F)F. The maximum Gasteiger partial charge on any atom is 0.383 e. The number of nitrogens with two attached hydrogens (primary N) is 1. The van der Waals surface area contributed by atoms with E-state index in [-0.39, 0.29) is 25.4 Å². The highest BCUT2D eigenvalue weighted by Crippen LogP contribution is 2.32. The molecule has 1 aliphatic heterocycles. The van der Waals surface area contributed by atoms with Crippen molar-refractivity contribution in [3.63, 3.8) is 0 Å². The van der Waals surface area contributed by atoms with Crippen molar-refractivity contribution in [1.29, 1.82) is 0 Å². The van der Waals surface area contributed by atoms with E-state index in [9.17, 15) is 40.7 Å². The summed E-state index contributed by atoms with van der Waals surface area (Å²) >= 11 is 0. The third-order valence-corrected chi connectivity index (χ3v) is 4.26. The van der Waals surface area contributed by atoms with Crippen LogP contribution in [-0.4, -0.2) is 62.4 Å². The Hall–Kier alpha value is -2.87. The summed E-state index contributed by atoms with van der Waals surface area (Å²) in [6.45, 7) is -0.701. The number of carbonyl (C=O) groups is 3. The fourth-order valence-corrected chi connectivity index (χ4v) is 2.61. The number of nitrogens with zero attached hydrogens (tertiary/aromatic N) is 1. The van der Waals surface area contributed by atoms with E-state index in [1.807, 2.05) is 5.32 Å². The van der Waals surface area contributed by atoms with E-state index in [2.05, 4.69) is 0 Å². The van der Waals surface area contributed by atoms with E-state index in [0.717, 1.165) is 12.1 Å².